The Morgan fingerprint density at radius 3 is 2.77 bits per heavy atom. The third-order valence-corrected chi connectivity index (χ3v) is 2.80. The van der Waals surface area contributed by atoms with Crippen molar-refractivity contribution >= 4 is 0 Å². The molecular weight excluding hydrogens is 160 g/mol. The Labute approximate surface area is 81.9 Å². The summed E-state index contributed by atoms with van der Waals surface area (Å²) in [5.41, 5.74) is -0.465. The molecule has 0 aromatic heterocycles. The van der Waals surface area contributed by atoms with Crippen LogP contribution in [0.5, 0.6) is 0 Å². The summed E-state index contributed by atoms with van der Waals surface area (Å²) in [5.74, 6) is 0.760. The van der Waals surface area contributed by atoms with Gasteiger partial charge in [0.15, 0.2) is 0 Å². The van der Waals surface area contributed by atoms with E-state index < -0.39 is 5.60 Å². The van der Waals surface area contributed by atoms with Crippen molar-refractivity contribution in [2.45, 2.75) is 58.0 Å². The number of aliphatic hydroxyl groups is 1. The van der Waals surface area contributed by atoms with Crippen LogP contribution >= 0.6 is 0 Å². The van der Waals surface area contributed by atoms with Crippen LogP contribution in [0.1, 0.15) is 52.4 Å². The van der Waals surface area contributed by atoms with Gasteiger partial charge in [-0.2, -0.15) is 0 Å². The van der Waals surface area contributed by atoms with Crippen LogP contribution in [0.25, 0.3) is 0 Å². The van der Waals surface area contributed by atoms with E-state index in [0.29, 0.717) is 0 Å². The van der Waals surface area contributed by atoms with Gasteiger partial charge < -0.3 is 5.11 Å². The Hall–Kier alpha value is -0.300. The van der Waals surface area contributed by atoms with Crippen LogP contribution in [0.3, 0.4) is 0 Å². The van der Waals surface area contributed by atoms with Crippen LogP contribution in [0.2, 0.25) is 0 Å². The van der Waals surface area contributed by atoms with E-state index in [9.17, 15) is 5.11 Å². The average molecular weight is 182 g/mol. The zero-order valence-electron chi connectivity index (χ0n) is 8.92. The third kappa shape index (κ3) is 3.95. The molecule has 1 aliphatic rings. The summed E-state index contributed by atoms with van der Waals surface area (Å²) >= 11 is 0. The minimum absolute atomic E-state index is 0.465. The lowest BCUT2D eigenvalue weighted by Gasteiger charge is -2.27. The first-order valence-electron chi connectivity index (χ1n) is 5.52. The van der Waals surface area contributed by atoms with Crippen LogP contribution < -0.4 is 0 Å². The zero-order chi connectivity index (χ0) is 9.73. The molecule has 0 saturated heterocycles. The number of rotatable bonds is 4. The smallest absolute Gasteiger partial charge is 0.0827 e. The highest BCUT2D eigenvalue weighted by Gasteiger charge is 2.24. The maximum atomic E-state index is 10.1. The van der Waals surface area contributed by atoms with Gasteiger partial charge in [-0.1, -0.05) is 38.8 Å². The first kappa shape index (κ1) is 10.8. The van der Waals surface area contributed by atoms with Crippen LogP contribution in [0.4, 0.5) is 0 Å². The highest BCUT2D eigenvalue weighted by molar-refractivity contribution is 5.04. The second-order valence-corrected chi connectivity index (χ2v) is 4.68. The molecule has 0 saturated carbocycles. The van der Waals surface area contributed by atoms with E-state index in [4.69, 9.17) is 0 Å². The maximum absolute atomic E-state index is 10.1. The molecule has 1 heteroatoms. The van der Waals surface area contributed by atoms with Gasteiger partial charge in [0.2, 0.25) is 0 Å². The topological polar surface area (TPSA) is 20.2 Å². The van der Waals surface area contributed by atoms with Gasteiger partial charge in [-0.25, -0.2) is 0 Å². The van der Waals surface area contributed by atoms with Crippen LogP contribution in [0.15, 0.2) is 12.2 Å². The number of allylic oxidation sites excluding steroid dienone is 1. The minimum atomic E-state index is -0.465. The molecule has 1 atom stereocenters. The Balaban J connectivity index is 2.25. The molecule has 0 aliphatic heterocycles. The Morgan fingerprint density at radius 1 is 1.46 bits per heavy atom. The van der Waals surface area contributed by atoms with Crippen molar-refractivity contribution in [1.29, 1.82) is 0 Å². The van der Waals surface area contributed by atoms with Gasteiger partial charge in [-0.05, 0) is 31.6 Å². The van der Waals surface area contributed by atoms with Gasteiger partial charge in [0, 0.05) is 0 Å². The second-order valence-electron chi connectivity index (χ2n) is 4.68. The van der Waals surface area contributed by atoms with E-state index >= 15 is 0 Å². The van der Waals surface area contributed by atoms with E-state index in [0.717, 1.165) is 38.0 Å². The van der Waals surface area contributed by atoms with E-state index in [1.165, 1.54) is 6.42 Å². The molecule has 0 amide bonds. The van der Waals surface area contributed by atoms with Gasteiger partial charge in [0.25, 0.3) is 0 Å². The molecule has 1 aliphatic carbocycles. The molecule has 0 spiro atoms. The van der Waals surface area contributed by atoms with Gasteiger partial charge >= 0.3 is 0 Å². The summed E-state index contributed by atoms with van der Waals surface area (Å²) in [6.07, 6.45) is 10.7. The highest BCUT2D eigenvalue weighted by Crippen LogP contribution is 2.27. The largest absolute Gasteiger partial charge is 0.386 e. The van der Waals surface area contributed by atoms with Gasteiger partial charge in [0.05, 0.1) is 5.60 Å². The molecule has 0 heterocycles. The van der Waals surface area contributed by atoms with Crippen molar-refractivity contribution < 1.29 is 5.11 Å². The SMILES string of the molecule is CC(C)CCCC1(O)C=CCCC1. The predicted octanol–water partition coefficient (Wildman–Crippen LogP) is 3.28. The maximum Gasteiger partial charge on any atom is 0.0827 e. The predicted molar refractivity (Wildman–Crippen MR) is 56.6 cm³/mol. The lowest BCUT2D eigenvalue weighted by Crippen LogP contribution is -2.27. The molecule has 13 heavy (non-hydrogen) atoms. The summed E-state index contributed by atoms with van der Waals surface area (Å²) in [6, 6.07) is 0. The second kappa shape index (κ2) is 4.80. The first-order valence-corrected chi connectivity index (χ1v) is 5.52. The van der Waals surface area contributed by atoms with E-state index in [1.807, 2.05) is 6.08 Å². The fourth-order valence-electron chi connectivity index (χ4n) is 1.94. The number of hydrogen-bond donors (Lipinski definition) is 1. The fraction of sp³-hybridized carbons (Fsp3) is 0.833. The molecule has 0 aromatic carbocycles. The monoisotopic (exact) mass is 182 g/mol. The third-order valence-electron chi connectivity index (χ3n) is 2.80. The zero-order valence-corrected chi connectivity index (χ0v) is 8.92. The van der Waals surface area contributed by atoms with Crippen molar-refractivity contribution in [3.05, 3.63) is 12.2 Å². The fourth-order valence-corrected chi connectivity index (χ4v) is 1.94. The lowest BCUT2D eigenvalue weighted by atomic mass is 9.86. The molecule has 1 N–H and O–H groups in total. The van der Waals surface area contributed by atoms with E-state index in [-0.39, 0.29) is 0 Å². The standard InChI is InChI=1S/C12H22O/c1-11(2)7-6-10-12(13)8-4-3-5-9-12/h4,8,11,13H,3,5-7,9-10H2,1-2H3. The van der Waals surface area contributed by atoms with E-state index in [2.05, 4.69) is 19.9 Å². The summed E-state index contributed by atoms with van der Waals surface area (Å²) in [7, 11) is 0. The molecular formula is C12H22O. The van der Waals surface area contributed by atoms with Crippen molar-refractivity contribution in [2.24, 2.45) is 5.92 Å². The van der Waals surface area contributed by atoms with Gasteiger partial charge in [0.1, 0.15) is 0 Å². The molecule has 0 radical (unpaired) electrons. The minimum Gasteiger partial charge on any atom is -0.386 e. The summed E-state index contributed by atoms with van der Waals surface area (Å²) in [6.45, 7) is 4.47. The van der Waals surface area contributed by atoms with Crippen molar-refractivity contribution in [3.8, 4) is 0 Å². The van der Waals surface area contributed by atoms with Crippen molar-refractivity contribution in [1.82, 2.24) is 0 Å². The quantitative estimate of drug-likeness (QED) is 0.661. The Kier molecular flexibility index (Phi) is 3.98. The lowest BCUT2D eigenvalue weighted by molar-refractivity contribution is 0.0621. The first-order chi connectivity index (χ1) is 6.12. The highest BCUT2D eigenvalue weighted by atomic mass is 16.3. The van der Waals surface area contributed by atoms with Crippen LogP contribution in [-0.4, -0.2) is 10.7 Å². The Morgan fingerprint density at radius 2 is 2.23 bits per heavy atom. The molecule has 1 unspecified atom stereocenters. The number of hydrogen-bond acceptors (Lipinski definition) is 1. The summed E-state index contributed by atoms with van der Waals surface area (Å²) in [5, 5.41) is 10.1. The molecule has 0 fully saturated rings. The summed E-state index contributed by atoms with van der Waals surface area (Å²) in [4.78, 5) is 0. The Bertz CT molecular complexity index is 172. The van der Waals surface area contributed by atoms with Crippen molar-refractivity contribution in [3.63, 3.8) is 0 Å². The summed E-state index contributed by atoms with van der Waals surface area (Å²) < 4.78 is 0. The molecule has 0 aromatic rings. The molecule has 0 bridgehead atoms. The molecule has 76 valence electrons. The normalized spacial score (nSPS) is 28.3. The molecule has 1 nitrogen and oxygen atoms in total. The van der Waals surface area contributed by atoms with Crippen LogP contribution in [-0.2, 0) is 0 Å². The van der Waals surface area contributed by atoms with E-state index in [1.54, 1.807) is 0 Å². The van der Waals surface area contributed by atoms with Gasteiger partial charge in [-0.15, -0.1) is 0 Å². The van der Waals surface area contributed by atoms with Crippen LogP contribution in [0, 0.1) is 5.92 Å². The van der Waals surface area contributed by atoms with Crippen molar-refractivity contribution in [2.75, 3.05) is 0 Å². The molecule has 1 rings (SSSR count). The average Bonchev–Trinajstić information content (AvgIpc) is 2.04. The van der Waals surface area contributed by atoms with Gasteiger partial charge in [-0.3, -0.25) is 0 Å².